The zero-order valence-corrected chi connectivity index (χ0v) is 17.6. The lowest BCUT2D eigenvalue weighted by molar-refractivity contribution is -0.140. The molecule has 3 amide bonds. The van der Waals surface area contributed by atoms with Crippen molar-refractivity contribution in [3.8, 4) is 0 Å². The predicted molar refractivity (Wildman–Crippen MR) is 111 cm³/mol. The van der Waals surface area contributed by atoms with Crippen LogP contribution in [-0.2, 0) is 9.53 Å². The van der Waals surface area contributed by atoms with Crippen molar-refractivity contribution in [2.75, 3.05) is 29.5 Å². The third-order valence-electron chi connectivity index (χ3n) is 4.03. The van der Waals surface area contributed by atoms with E-state index in [9.17, 15) is 9.59 Å². The smallest absolute Gasteiger partial charge is 0.325 e. The summed E-state index contributed by atoms with van der Waals surface area (Å²) in [5.41, 5.74) is 1.81. The summed E-state index contributed by atoms with van der Waals surface area (Å²) in [6, 6.07) is 7.11. The third-order valence-corrected chi connectivity index (χ3v) is 5.98. The van der Waals surface area contributed by atoms with E-state index in [1.54, 1.807) is 0 Å². The molecule has 1 aromatic carbocycles. The predicted octanol–water partition coefficient (Wildman–Crippen LogP) is 3.22. The Kier molecular flexibility index (Phi) is 6.87. The number of nitrogens with zero attached hydrogens (tertiary/aromatic N) is 3. The largest absolute Gasteiger partial charge is 0.372 e. The number of hydrogen-bond acceptors (Lipinski definition) is 7. The van der Waals surface area contributed by atoms with Gasteiger partial charge in [0.15, 0.2) is 4.34 Å². The van der Waals surface area contributed by atoms with Crippen molar-refractivity contribution < 1.29 is 14.3 Å². The zero-order valence-electron chi connectivity index (χ0n) is 16.0. The van der Waals surface area contributed by atoms with Crippen LogP contribution in [0.15, 0.2) is 28.6 Å². The molecule has 150 valence electrons. The summed E-state index contributed by atoms with van der Waals surface area (Å²) in [6.45, 7) is 7.12. The van der Waals surface area contributed by atoms with Crippen LogP contribution in [-0.4, -0.2) is 58.1 Å². The Balaban J connectivity index is 1.46. The van der Waals surface area contributed by atoms with Crippen LogP contribution < -0.4 is 10.6 Å². The highest BCUT2D eigenvalue weighted by atomic mass is 32.2. The standard InChI is InChI=1S/C18H23N5O3S2/c1-11-4-6-14(7-5-11)19-16(25)20-17-21-22-18(28-17)27-10-15(24)23-8-12(2)26-13(3)9-23/h4-7,12-13H,8-10H2,1-3H3,(H2,19,20,21,25)/t12-,13-/m0/s1. The molecule has 2 atom stereocenters. The number of rotatable bonds is 5. The average Bonchev–Trinajstić information content (AvgIpc) is 3.08. The highest BCUT2D eigenvalue weighted by Gasteiger charge is 2.26. The molecule has 1 saturated heterocycles. The average molecular weight is 422 g/mol. The van der Waals surface area contributed by atoms with Crippen LogP contribution in [0.25, 0.3) is 0 Å². The van der Waals surface area contributed by atoms with E-state index in [1.807, 2.05) is 49.9 Å². The van der Waals surface area contributed by atoms with E-state index < -0.39 is 0 Å². The second-order valence-corrected chi connectivity index (χ2v) is 8.86. The first-order valence-corrected chi connectivity index (χ1v) is 10.7. The number of thioether (sulfide) groups is 1. The van der Waals surface area contributed by atoms with Crippen molar-refractivity contribution in [3.63, 3.8) is 0 Å². The summed E-state index contributed by atoms with van der Waals surface area (Å²) in [6.07, 6.45) is 0.0872. The first-order valence-electron chi connectivity index (χ1n) is 8.93. The number of benzene rings is 1. The molecule has 3 rings (SSSR count). The SMILES string of the molecule is Cc1ccc(NC(=O)Nc2nnc(SCC(=O)N3C[C@H](C)O[C@@H](C)C3)s2)cc1. The number of aromatic nitrogens is 2. The highest BCUT2D eigenvalue weighted by Crippen LogP contribution is 2.26. The van der Waals surface area contributed by atoms with Gasteiger partial charge in [0.05, 0.1) is 18.0 Å². The molecule has 1 fully saturated rings. The monoisotopic (exact) mass is 421 g/mol. The number of urea groups is 1. The van der Waals surface area contributed by atoms with Crippen LogP contribution in [0.4, 0.5) is 15.6 Å². The Hall–Kier alpha value is -2.17. The first-order chi connectivity index (χ1) is 13.4. The number of hydrogen-bond donors (Lipinski definition) is 2. The second-order valence-electron chi connectivity index (χ2n) is 6.66. The van der Waals surface area contributed by atoms with E-state index in [0.717, 1.165) is 5.56 Å². The van der Waals surface area contributed by atoms with Crippen molar-refractivity contribution in [1.82, 2.24) is 15.1 Å². The van der Waals surface area contributed by atoms with E-state index in [-0.39, 0.29) is 29.9 Å². The van der Waals surface area contributed by atoms with Crippen molar-refractivity contribution >= 4 is 45.9 Å². The molecule has 0 aliphatic carbocycles. The lowest BCUT2D eigenvalue weighted by Gasteiger charge is -2.35. The Labute approximate surface area is 172 Å². The number of amides is 3. The summed E-state index contributed by atoms with van der Waals surface area (Å²) < 4.78 is 6.28. The number of ether oxygens (including phenoxy) is 1. The van der Waals surface area contributed by atoms with Gasteiger partial charge in [-0.2, -0.15) is 0 Å². The molecule has 0 unspecified atom stereocenters. The fourth-order valence-electron chi connectivity index (χ4n) is 2.81. The number of nitrogens with one attached hydrogen (secondary N) is 2. The van der Waals surface area contributed by atoms with Gasteiger partial charge >= 0.3 is 6.03 Å². The van der Waals surface area contributed by atoms with Gasteiger partial charge in [-0.1, -0.05) is 40.8 Å². The minimum atomic E-state index is -0.385. The molecule has 1 aliphatic heterocycles. The summed E-state index contributed by atoms with van der Waals surface area (Å²) in [5, 5.41) is 13.8. The van der Waals surface area contributed by atoms with Crippen LogP contribution in [0.3, 0.4) is 0 Å². The Morgan fingerprint density at radius 2 is 1.86 bits per heavy atom. The van der Waals surface area contributed by atoms with E-state index in [1.165, 1.54) is 23.1 Å². The maximum absolute atomic E-state index is 12.4. The molecule has 0 radical (unpaired) electrons. The quantitative estimate of drug-likeness (QED) is 0.568. The van der Waals surface area contributed by atoms with Gasteiger partial charge in [0.2, 0.25) is 11.0 Å². The van der Waals surface area contributed by atoms with E-state index in [0.29, 0.717) is 28.2 Å². The van der Waals surface area contributed by atoms with Crippen LogP contribution in [0, 0.1) is 6.92 Å². The zero-order chi connectivity index (χ0) is 20.1. The molecule has 2 N–H and O–H groups in total. The number of carbonyl (C=O) groups is 2. The van der Waals surface area contributed by atoms with Crippen LogP contribution in [0.1, 0.15) is 19.4 Å². The topological polar surface area (TPSA) is 96.4 Å². The fourth-order valence-corrected chi connectivity index (χ4v) is 4.46. The molecular formula is C18H23N5O3S2. The summed E-state index contributed by atoms with van der Waals surface area (Å²) in [7, 11) is 0. The lowest BCUT2D eigenvalue weighted by atomic mass is 10.2. The van der Waals surface area contributed by atoms with Gasteiger partial charge in [0.1, 0.15) is 0 Å². The van der Waals surface area contributed by atoms with Crippen molar-refractivity contribution in [2.24, 2.45) is 0 Å². The maximum atomic E-state index is 12.4. The molecular weight excluding hydrogens is 398 g/mol. The van der Waals surface area contributed by atoms with E-state index >= 15 is 0 Å². The van der Waals surface area contributed by atoms with Gasteiger partial charge in [-0.3, -0.25) is 10.1 Å². The molecule has 0 spiro atoms. The molecule has 2 heterocycles. The number of aryl methyl sites for hydroxylation is 1. The summed E-state index contributed by atoms with van der Waals surface area (Å²) in [4.78, 5) is 26.3. The van der Waals surface area contributed by atoms with E-state index in [4.69, 9.17) is 4.74 Å². The molecule has 8 nitrogen and oxygen atoms in total. The minimum Gasteiger partial charge on any atom is -0.372 e. The van der Waals surface area contributed by atoms with Crippen molar-refractivity contribution in [2.45, 2.75) is 37.3 Å². The second kappa shape index (κ2) is 9.35. The van der Waals surface area contributed by atoms with Gasteiger partial charge in [0, 0.05) is 18.8 Å². The number of anilines is 2. The number of morpholine rings is 1. The minimum absolute atomic E-state index is 0.0436. The first kappa shape index (κ1) is 20.6. The molecule has 1 aromatic heterocycles. The normalized spacial score (nSPS) is 19.3. The van der Waals surface area contributed by atoms with E-state index in [2.05, 4.69) is 20.8 Å². The summed E-state index contributed by atoms with van der Waals surface area (Å²) >= 11 is 2.56. The molecule has 1 aliphatic rings. The third kappa shape index (κ3) is 5.91. The maximum Gasteiger partial charge on any atom is 0.325 e. The van der Waals surface area contributed by atoms with Gasteiger partial charge in [-0.25, -0.2) is 4.79 Å². The van der Waals surface area contributed by atoms with Crippen molar-refractivity contribution in [1.29, 1.82) is 0 Å². The molecule has 28 heavy (non-hydrogen) atoms. The molecule has 2 aromatic rings. The highest BCUT2D eigenvalue weighted by molar-refractivity contribution is 8.01. The molecule has 10 heteroatoms. The van der Waals surface area contributed by atoms with Crippen LogP contribution in [0.2, 0.25) is 0 Å². The summed E-state index contributed by atoms with van der Waals surface area (Å²) in [5.74, 6) is 0.331. The van der Waals surface area contributed by atoms with Crippen molar-refractivity contribution in [3.05, 3.63) is 29.8 Å². The van der Waals surface area contributed by atoms with Gasteiger partial charge in [0.25, 0.3) is 0 Å². The van der Waals surface area contributed by atoms with Crippen LogP contribution in [0.5, 0.6) is 0 Å². The van der Waals surface area contributed by atoms with Gasteiger partial charge in [-0.05, 0) is 32.9 Å². The number of carbonyl (C=O) groups excluding carboxylic acids is 2. The lowest BCUT2D eigenvalue weighted by Crippen LogP contribution is -2.48. The van der Waals surface area contributed by atoms with Gasteiger partial charge in [-0.15, -0.1) is 10.2 Å². The Bertz CT molecular complexity index is 817. The Morgan fingerprint density at radius 1 is 1.18 bits per heavy atom. The molecule has 0 bridgehead atoms. The fraction of sp³-hybridized carbons (Fsp3) is 0.444. The Morgan fingerprint density at radius 3 is 2.54 bits per heavy atom. The van der Waals surface area contributed by atoms with Gasteiger partial charge < -0.3 is 15.0 Å². The van der Waals surface area contributed by atoms with Crippen LogP contribution >= 0.6 is 23.1 Å². The molecule has 0 saturated carbocycles.